The third kappa shape index (κ3) is 4.14. The Labute approximate surface area is 126 Å². The van der Waals surface area contributed by atoms with Crippen LogP contribution in [0.15, 0.2) is 41.8 Å². The smallest absolute Gasteiger partial charge is 0.261 e. The second kappa shape index (κ2) is 7.01. The zero-order chi connectivity index (χ0) is 15.2. The maximum absolute atomic E-state index is 12.0. The van der Waals surface area contributed by atoms with Crippen LogP contribution in [0.5, 0.6) is 0 Å². The first-order valence-corrected chi connectivity index (χ1v) is 7.33. The molecular formula is C15H16N2O3S. The molecule has 2 aromatic rings. The van der Waals surface area contributed by atoms with Crippen molar-refractivity contribution in [3.63, 3.8) is 0 Å². The number of benzene rings is 1. The van der Waals surface area contributed by atoms with Crippen molar-refractivity contribution in [3.8, 4) is 0 Å². The number of carbonyl (C=O) groups is 2. The lowest BCUT2D eigenvalue weighted by Crippen LogP contribution is -2.41. The van der Waals surface area contributed by atoms with E-state index in [1.807, 2.05) is 5.38 Å². The molecule has 5 nitrogen and oxygen atoms in total. The van der Waals surface area contributed by atoms with E-state index in [0.717, 1.165) is 5.56 Å². The van der Waals surface area contributed by atoms with Crippen LogP contribution in [0.2, 0.25) is 0 Å². The first-order chi connectivity index (χ1) is 10.1. The van der Waals surface area contributed by atoms with E-state index < -0.39 is 6.04 Å². The van der Waals surface area contributed by atoms with E-state index in [0.29, 0.717) is 10.6 Å². The van der Waals surface area contributed by atoms with E-state index in [1.54, 1.807) is 43.3 Å². The van der Waals surface area contributed by atoms with Crippen LogP contribution in [0.1, 0.15) is 22.2 Å². The lowest BCUT2D eigenvalue weighted by Gasteiger charge is -2.13. The lowest BCUT2D eigenvalue weighted by molar-refractivity contribution is -0.117. The Morgan fingerprint density at radius 1 is 1.24 bits per heavy atom. The Morgan fingerprint density at radius 3 is 2.52 bits per heavy atom. The van der Waals surface area contributed by atoms with Crippen molar-refractivity contribution < 1.29 is 14.7 Å². The zero-order valence-electron chi connectivity index (χ0n) is 11.5. The van der Waals surface area contributed by atoms with Crippen molar-refractivity contribution in [2.75, 3.05) is 5.32 Å². The molecule has 21 heavy (non-hydrogen) atoms. The second-order valence-electron chi connectivity index (χ2n) is 4.52. The highest BCUT2D eigenvalue weighted by Crippen LogP contribution is 2.11. The van der Waals surface area contributed by atoms with Gasteiger partial charge in [0.2, 0.25) is 5.91 Å². The number of thiophene rings is 1. The minimum absolute atomic E-state index is 0.0402. The molecule has 0 saturated carbocycles. The van der Waals surface area contributed by atoms with Gasteiger partial charge in [-0.05, 0) is 36.1 Å². The fourth-order valence-corrected chi connectivity index (χ4v) is 2.31. The van der Waals surface area contributed by atoms with Gasteiger partial charge in [0.1, 0.15) is 6.04 Å². The molecule has 0 aliphatic heterocycles. The molecule has 1 unspecified atom stereocenters. The van der Waals surface area contributed by atoms with Gasteiger partial charge >= 0.3 is 0 Å². The number of rotatable bonds is 5. The van der Waals surface area contributed by atoms with Gasteiger partial charge in [-0.3, -0.25) is 9.59 Å². The third-order valence-electron chi connectivity index (χ3n) is 2.89. The van der Waals surface area contributed by atoms with Gasteiger partial charge in [-0.2, -0.15) is 0 Å². The summed E-state index contributed by atoms with van der Waals surface area (Å²) in [7, 11) is 0. The summed E-state index contributed by atoms with van der Waals surface area (Å²) in [6.07, 6.45) is 0. The molecule has 6 heteroatoms. The van der Waals surface area contributed by atoms with Crippen LogP contribution in [0.4, 0.5) is 5.69 Å². The van der Waals surface area contributed by atoms with Crippen LogP contribution in [0, 0.1) is 0 Å². The Morgan fingerprint density at radius 2 is 1.95 bits per heavy atom. The summed E-state index contributed by atoms with van der Waals surface area (Å²) in [5.74, 6) is -0.556. The molecule has 2 rings (SSSR count). The predicted molar refractivity (Wildman–Crippen MR) is 82.2 cm³/mol. The zero-order valence-corrected chi connectivity index (χ0v) is 12.3. The van der Waals surface area contributed by atoms with Crippen molar-refractivity contribution in [2.24, 2.45) is 0 Å². The van der Waals surface area contributed by atoms with Gasteiger partial charge in [0.15, 0.2) is 0 Å². The highest BCUT2D eigenvalue weighted by Gasteiger charge is 2.17. The van der Waals surface area contributed by atoms with E-state index >= 15 is 0 Å². The van der Waals surface area contributed by atoms with Crippen molar-refractivity contribution in [1.29, 1.82) is 0 Å². The molecule has 3 N–H and O–H groups in total. The molecule has 0 bridgehead atoms. The maximum Gasteiger partial charge on any atom is 0.261 e. The number of aliphatic hydroxyl groups is 1. The molecule has 0 aliphatic carbocycles. The number of hydrogen-bond donors (Lipinski definition) is 3. The van der Waals surface area contributed by atoms with Crippen LogP contribution < -0.4 is 10.6 Å². The first-order valence-electron chi connectivity index (χ1n) is 6.45. The number of amides is 2. The van der Waals surface area contributed by atoms with E-state index in [-0.39, 0.29) is 18.4 Å². The third-order valence-corrected chi connectivity index (χ3v) is 3.76. The molecule has 0 saturated heterocycles. The number of carbonyl (C=O) groups excluding carboxylic acids is 2. The van der Waals surface area contributed by atoms with E-state index in [4.69, 9.17) is 5.11 Å². The summed E-state index contributed by atoms with van der Waals surface area (Å²) in [6, 6.07) is 9.71. The van der Waals surface area contributed by atoms with Crippen molar-refractivity contribution in [1.82, 2.24) is 5.32 Å². The average Bonchev–Trinajstić information content (AvgIpc) is 3.02. The molecule has 0 aliphatic rings. The lowest BCUT2D eigenvalue weighted by atomic mass is 10.2. The summed E-state index contributed by atoms with van der Waals surface area (Å²) in [4.78, 5) is 24.4. The molecule has 1 aromatic carbocycles. The fraction of sp³-hybridized carbons (Fsp3) is 0.200. The highest BCUT2D eigenvalue weighted by molar-refractivity contribution is 7.12. The van der Waals surface area contributed by atoms with Crippen LogP contribution >= 0.6 is 11.3 Å². The van der Waals surface area contributed by atoms with Gasteiger partial charge in [-0.15, -0.1) is 11.3 Å². The highest BCUT2D eigenvalue weighted by atomic mass is 32.1. The summed E-state index contributed by atoms with van der Waals surface area (Å²) in [5.41, 5.74) is 1.39. The van der Waals surface area contributed by atoms with Gasteiger partial charge in [-0.25, -0.2) is 0 Å². The van der Waals surface area contributed by atoms with Crippen LogP contribution in [0.3, 0.4) is 0 Å². The number of aliphatic hydroxyl groups excluding tert-OH is 1. The van der Waals surface area contributed by atoms with Crippen LogP contribution in [0.25, 0.3) is 0 Å². The van der Waals surface area contributed by atoms with Crippen molar-refractivity contribution in [3.05, 3.63) is 52.2 Å². The Kier molecular flexibility index (Phi) is 5.08. The topological polar surface area (TPSA) is 78.4 Å². The molecule has 0 radical (unpaired) electrons. The van der Waals surface area contributed by atoms with Gasteiger partial charge in [0, 0.05) is 5.69 Å². The standard InChI is InChI=1S/C15H16N2O3S/c1-10(16-15(20)13-3-2-8-21-13)14(19)17-12-6-4-11(9-18)5-7-12/h2-8,10,18H,9H2,1H3,(H,16,20)(H,17,19). The summed E-state index contributed by atoms with van der Waals surface area (Å²) >= 11 is 1.33. The monoisotopic (exact) mass is 304 g/mol. The molecule has 2 amide bonds. The number of hydrogen-bond acceptors (Lipinski definition) is 4. The fourth-order valence-electron chi connectivity index (χ4n) is 1.69. The molecule has 0 fully saturated rings. The predicted octanol–water partition coefficient (Wildman–Crippen LogP) is 2.00. The summed E-state index contributed by atoms with van der Waals surface area (Å²) in [6.45, 7) is 1.59. The minimum Gasteiger partial charge on any atom is -0.392 e. The maximum atomic E-state index is 12.0. The average molecular weight is 304 g/mol. The molecule has 110 valence electrons. The normalized spacial score (nSPS) is 11.7. The molecule has 1 atom stereocenters. The SMILES string of the molecule is CC(NC(=O)c1cccs1)C(=O)Nc1ccc(CO)cc1. The quantitative estimate of drug-likeness (QED) is 0.790. The van der Waals surface area contributed by atoms with Crippen molar-refractivity contribution >= 4 is 28.8 Å². The minimum atomic E-state index is -0.642. The molecule has 0 spiro atoms. The van der Waals surface area contributed by atoms with E-state index in [9.17, 15) is 9.59 Å². The number of anilines is 1. The Balaban J connectivity index is 1.91. The summed E-state index contributed by atoms with van der Waals surface area (Å²) in [5, 5.41) is 16.1. The van der Waals surface area contributed by atoms with E-state index in [1.165, 1.54) is 11.3 Å². The van der Waals surface area contributed by atoms with Crippen molar-refractivity contribution in [2.45, 2.75) is 19.6 Å². The van der Waals surface area contributed by atoms with Gasteiger partial charge in [0.25, 0.3) is 5.91 Å². The molecule has 1 aromatic heterocycles. The molecule has 1 heterocycles. The van der Waals surface area contributed by atoms with Gasteiger partial charge in [0.05, 0.1) is 11.5 Å². The summed E-state index contributed by atoms with van der Waals surface area (Å²) < 4.78 is 0. The van der Waals surface area contributed by atoms with E-state index in [2.05, 4.69) is 10.6 Å². The first kappa shape index (κ1) is 15.2. The largest absolute Gasteiger partial charge is 0.392 e. The number of nitrogens with one attached hydrogen (secondary N) is 2. The Hall–Kier alpha value is -2.18. The van der Waals surface area contributed by atoms with Gasteiger partial charge in [-0.1, -0.05) is 18.2 Å². The van der Waals surface area contributed by atoms with Crippen LogP contribution in [-0.4, -0.2) is 23.0 Å². The van der Waals surface area contributed by atoms with Gasteiger partial charge < -0.3 is 15.7 Å². The molecular weight excluding hydrogens is 288 g/mol. The van der Waals surface area contributed by atoms with Crippen LogP contribution in [-0.2, 0) is 11.4 Å². The Bertz CT molecular complexity index is 608. The second-order valence-corrected chi connectivity index (χ2v) is 5.46.